The second-order valence-corrected chi connectivity index (χ2v) is 5.48. The Hall–Kier alpha value is -2.62. The number of aryl methyl sites for hydroxylation is 1. The average Bonchev–Trinajstić information content (AvgIpc) is 2.93. The highest BCUT2D eigenvalue weighted by Gasteiger charge is 2.15. The number of nitrogens with zero attached hydrogens (tertiary/aromatic N) is 2. The van der Waals surface area contributed by atoms with Gasteiger partial charge in [0.2, 0.25) is 5.91 Å². The summed E-state index contributed by atoms with van der Waals surface area (Å²) in [4.78, 5) is 14.1. The van der Waals surface area contributed by atoms with Crippen LogP contribution in [0.15, 0.2) is 53.1 Å². The summed E-state index contributed by atoms with van der Waals surface area (Å²) in [6, 6.07) is 15.7. The van der Waals surface area contributed by atoms with E-state index in [-0.39, 0.29) is 12.3 Å². The largest absolute Gasteiger partial charge is 0.356 e. The molecule has 0 bridgehead atoms. The molecule has 0 unspecified atom stereocenters. The summed E-state index contributed by atoms with van der Waals surface area (Å²) in [5, 5.41) is 4.92. The summed E-state index contributed by atoms with van der Waals surface area (Å²) in [7, 11) is 1.82. The number of likely N-dealkylation sites (N-methyl/N-ethyl adjacent to an activating group) is 1. The zero-order valence-corrected chi connectivity index (χ0v) is 12.7. The lowest BCUT2D eigenvalue weighted by Crippen LogP contribution is -2.28. The first-order valence-electron chi connectivity index (χ1n) is 7.27. The van der Waals surface area contributed by atoms with Crippen LogP contribution in [0.3, 0.4) is 0 Å². The van der Waals surface area contributed by atoms with Crippen LogP contribution in [0.4, 0.5) is 0 Å². The van der Waals surface area contributed by atoms with Crippen LogP contribution in [-0.4, -0.2) is 23.0 Å². The van der Waals surface area contributed by atoms with Gasteiger partial charge in [0.05, 0.1) is 6.42 Å². The number of hydrogen-bond acceptors (Lipinski definition) is 3. The Balaban J connectivity index is 1.73. The van der Waals surface area contributed by atoms with Crippen LogP contribution in [-0.2, 0) is 17.8 Å². The lowest BCUT2D eigenvalue weighted by Gasteiger charge is -2.18. The normalized spacial score (nSPS) is 10.8. The Morgan fingerprint density at radius 1 is 1.14 bits per heavy atom. The first-order valence-corrected chi connectivity index (χ1v) is 7.27. The highest BCUT2D eigenvalue weighted by Crippen LogP contribution is 2.19. The SMILES string of the molecule is Cc1ccccc1CN(C)C(=O)Cc1noc2ccccc12. The number of para-hydroxylation sites is 1. The fraction of sp³-hybridized carbons (Fsp3) is 0.222. The predicted octanol–water partition coefficient (Wildman–Crippen LogP) is 3.34. The van der Waals surface area contributed by atoms with Gasteiger partial charge in [0.15, 0.2) is 5.58 Å². The molecule has 3 rings (SSSR count). The molecular weight excluding hydrogens is 276 g/mol. The van der Waals surface area contributed by atoms with E-state index >= 15 is 0 Å². The monoisotopic (exact) mass is 294 g/mol. The van der Waals surface area contributed by atoms with Gasteiger partial charge in [0.25, 0.3) is 0 Å². The zero-order chi connectivity index (χ0) is 15.5. The molecule has 1 heterocycles. The van der Waals surface area contributed by atoms with Crippen LogP contribution in [0, 0.1) is 6.92 Å². The van der Waals surface area contributed by atoms with E-state index in [1.54, 1.807) is 4.90 Å². The third-order valence-electron chi connectivity index (χ3n) is 3.87. The number of carbonyl (C=O) groups excluding carboxylic acids is 1. The van der Waals surface area contributed by atoms with Crippen LogP contribution in [0.25, 0.3) is 11.0 Å². The minimum atomic E-state index is 0.0299. The molecule has 0 saturated heterocycles. The molecule has 2 aromatic carbocycles. The van der Waals surface area contributed by atoms with E-state index in [0.29, 0.717) is 17.8 Å². The molecule has 0 aliphatic rings. The highest BCUT2D eigenvalue weighted by atomic mass is 16.5. The molecule has 0 fully saturated rings. The average molecular weight is 294 g/mol. The minimum absolute atomic E-state index is 0.0299. The van der Waals surface area contributed by atoms with Crippen LogP contribution in [0.2, 0.25) is 0 Å². The molecule has 0 saturated carbocycles. The van der Waals surface area contributed by atoms with E-state index in [1.165, 1.54) is 5.56 Å². The van der Waals surface area contributed by atoms with Crippen molar-refractivity contribution in [1.82, 2.24) is 10.1 Å². The van der Waals surface area contributed by atoms with Crippen molar-refractivity contribution in [3.63, 3.8) is 0 Å². The summed E-state index contributed by atoms with van der Waals surface area (Å²) >= 11 is 0. The van der Waals surface area contributed by atoms with Crippen molar-refractivity contribution in [3.8, 4) is 0 Å². The van der Waals surface area contributed by atoms with Gasteiger partial charge in [-0.3, -0.25) is 4.79 Å². The maximum atomic E-state index is 12.4. The fourth-order valence-corrected chi connectivity index (χ4v) is 2.47. The third kappa shape index (κ3) is 2.86. The van der Waals surface area contributed by atoms with E-state index in [0.717, 1.165) is 10.9 Å². The Labute approximate surface area is 129 Å². The van der Waals surface area contributed by atoms with Crippen molar-refractivity contribution in [2.24, 2.45) is 0 Å². The molecule has 22 heavy (non-hydrogen) atoms. The Morgan fingerprint density at radius 2 is 1.86 bits per heavy atom. The molecule has 0 aliphatic carbocycles. The van der Waals surface area contributed by atoms with Crippen molar-refractivity contribution in [2.75, 3.05) is 7.05 Å². The van der Waals surface area contributed by atoms with E-state index in [1.807, 2.05) is 49.5 Å². The van der Waals surface area contributed by atoms with Gasteiger partial charge < -0.3 is 9.42 Å². The number of hydrogen-bond donors (Lipinski definition) is 0. The van der Waals surface area contributed by atoms with Gasteiger partial charge in [-0.1, -0.05) is 41.6 Å². The molecule has 0 radical (unpaired) electrons. The van der Waals surface area contributed by atoms with E-state index < -0.39 is 0 Å². The van der Waals surface area contributed by atoms with Gasteiger partial charge in [0.1, 0.15) is 5.69 Å². The van der Waals surface area contributed by atoms with Crippen molar-refractivity contribution in [1.29, 1.82) is 0 Å². The molecule has 1 aromatic heterocycles. The molecule has 4 heteroatoms. The summed E-state index contributed by atoms with van der Waals surface area (Å²) < 4.78 is 5.25. The van der Waals surface area contributed by atoms with Gasteiger partial charge >= 0.3 is 0 Å². The van der Waals surface area contributed by atoms with Crippen LogP contribution < -0.4 is 0 Å². The molecular formula is C18H18N2O2. The zero-order valence-electron chi connectivity index (χ0n) is 12.7. The lowest BCUT2D eigenvalue weighted by atomic mass is 10.1. The Bertz CT molecular complexity index is 807. The molecule has 0 N–H and O–H groups in total. The van der Waals surface area contributed by atoms with E-state index in [4.69, 9.17) is 4.52 Å². The summed E-state index contributed by atoms with van der Waals surface area (Å²) in [6.07, 6.45) is 0.249. The molecule has 3 aromatic rings. The Kier molecular flexibility index (Phi) is 3.92. The second-order valence-electron chi connectivity index (χ2n) is 5.48. The quantitative estimate of drug-likeness (QED) is 0.741. The van der Waals surface area contributed by atoms with Crippen molar-refractivity contribution >= 4 is 16.9 Å². The Morgan fingerprint density at radius 3 is 2.68 bits per heavy atom. The highest BCUT2D eigenvalue weighted by molar-refractivity contribution is 5.86. The van der Waals surface area contributed by atoms with Crippen LogP contribution in [0.5, 0.6) is 0 Å². The summed E-state index contributed by atoms with van der Waals surface area (Å²) in [6.45, 7) is 2.65. The van der Waals surface area contributed by atoms with E-state index in [9.17, 15) is 4.79 Å². The van der Waals surface area contributed by atoms with Gasteiger partial charge in [-0.05, 0) is 30.2 Å². The standard InChI is InChI=1S/C18H18N2O2/c1-13-7-3-4-8-14(13)12-20(2)18(21)11-16-15-9-5-6-10-17(15)22-19-16/h3-10H,11-12H2,1-2H3. The van der Waals surface area contributed by atoms with Gasteiger partial charge in [-0.15, -0.1) is 0 Å². The second kappa shape index (κ2) is 6.02. The van der Waals surface area contributed by atoms with Crippen LogP contribution >= 0.6 is 0 Å². The van der Waals surface area contributed by atoms with Crippen molar-refractivity contribution in [3.05, 3.63) is 65.4 Å². The first kappa shape index (κ1) is 14.3. The summed E-state index contributed by atoms with van der Waals surface area (Å²) in [5.41, 5.74) is 3.75. The van der Waals surface area contributed by atoms with Gasteiger partial charge in [-0.25, -0.2) is 0 Å². The van der Waals surface area contributed by atoms with Crippen molar-refractivity contribution < 1.29 is 9.32 Å². The molecule has 4 nitrogen and oxygen atoms in total. The number of aromatic nitrogens is 1. The topological polar surface area (TPSA) is 46.3 Å². The lowest BCUT2D eigenvalue weighted by molar-refractivity contribution is -0.129. The summed E-state index contributed by atoms with van der Waals surface area (Å²) in [5.74, 6) is 0.0299. The van der Waals surface area contributed by atoms with Crippen molar-refractivity contribution in [2.45, 2.75) is 19.9 Å². The molecule has 0 spiro atoms. The number of benzene rings is 2. The number of rotatable bonds is 4. The molecule has 0 atom stereocenters. The fourth-order valence-electron chi connectivity index (χ4n) is 2.47. The first-order chi connectivity index (χ1) is 10.6. The maximum Gasteiger partial charge on any atom is 0.228 e. The van der Waals surface area contributed by atoms with E-state index in [2.05, 4.69) is 18.1 Å². The third-order valence-corrected chi connectivity index (χ3v) is 3.87. The molecule has 1 amide bonds. The minimum Gasteiger partial charge on any atom is -0.356 e. The predicted molar refractivity (Wildman–Crippen MR) is 85.4 cm³/mol. The van der Waals surface area contributed by atoms with Gasteiger partial charge in [-0.2, -0.15) is 0 Å². The molecule has 0 aliphatic heterocycles. The molecule has 112 valence electrons. The van der Waals surface area contributed by atoms with Gasteiger partial charge in [0, 0.05) is 19.0 Å². The van der Waals surface area contributed by atoms with Crippen LogP contribution in [0.1, 0.15) is 16.8 Å². The number of carbonyl (C=O) groups is 1. The smallest absolute Gasteiger partial charge is 0.228 e. The number of fused-ring (bicyclic) bond motifs is 1. The maximum absolute atomic E-state index is 12.4. The number of amides is 1.